The van der Waals surface area contributed by atoms with Crippen LogP contribution in [-0.4, -0.2) is 42.9 Å². The number of amides is 2. The van der Waals surface area contributed by atoms with E-state index in [4.69, 9.17) is 10.5 Å². The molecule has 3 aromatic rings. The zero-order chi connectivity index (χ0) is 21.8. The first-order valence-electron chi connectivity index (χ1n) is 9.98. The Labute approximate surface area is 179 Å². The molecule has 2 N–H and O–H groups in total. The van der Waals surface area contributed by atoms with Gasteiger partial charge in [-0.1, -0.05) is 12.1 Å². The highest BCUT2D eigenvalue weighted by atomic mass is 19.1. The van der Waals surface area contributed by atoms with Gasteiger partial charge in [-0.15, -0.1) is 0 Å². The van der Waals surface area contributed by atoms with Crippen LogP contribution in [0.3, 0.4) is 0 Å². The number of hydrogen-bond acceptors (Lipinski definition) is 4. The van der Waals surface area contributed by atoms with Crippen molar-refractivity contribution in [2.45, 2.75) is 0 Å². The summed E-state index contributed by atoms with van der Waals surface area (Å²) >= 11 is 0. The Balaban J connectivity index is 1.35. The quantitative estimate of drug-likeness (QED) is 0.685. The number of carbonyl (C=O) groups is 2. The van der Waals surface area contributed by atoms with Crippen molar-refractivity contribution >= 4 is 17.5 Å². The number of halogens is 1. The number of nitrogens with two attached hydrogens (primary N) is 1. The van der Waals surface area contributed by atoms with Crippen molar-refractivity contribution in [2.75, 3.05) is 31.1 Å². The van der Waals surface area contributed by atoms with Gasteiger partial charge in [0.2, 0.25) is 5.91 Å². The number of piperazine rings is 1. The minimum Gasteiger partial charge on any atom is -0.457 e. The van der Waals surface area contributed by atoms with Gasteiger partial charge >= 0.3 is 0 Å². The molecule has 1 fully saturated rings. The minimum absolute atomic E-state index is 0.0643. The Morgan fingerprint density at radius 2 is 1.32 bits per heavy atom. The van der Waals surface area contributed by atoms with Crippen molar-refractivity contribution in [2.24, 2.45) is 5.73 Å². The van der Waals surface area contributed by atoms with Crippen LogP contribution in [0.5, 0.6) is 11.5 Å². The highest BCUT2D eigenvalue weighted by Crippen LogP contribution is 2.24. The molecule has 7 heteroatoms. The van der Waals surface area contributed by atoms with Crippen molar-refractivity contribution in [3.63, 3.8) is 0 Å². The SMILES string of the molecule is NC(=O)c1ccc(Oc2ccc(C(=O)N3CCN(c4ccccc4F)CC3)cc2)cc1. The van der Waals surface area contributed by atoms with Crippen LogP contribution in [0.15, 0.2) is 72.8 Å². The summed E-state index contributed by atoms with van der Waals surface area (Å²) in [5.74, 6) is 0.331. The van der Waals surface area contributed by atoms with E-state index >= 15 is 0 Å². The Hall–Kier alpha value is -3.87. The standard InChI is InChI=1S/C24H22FN3O3/c25-21-3-1-2-4-22(21)27-13-15-28(16-14-27)24(30)18-7-11-20(12-8-18)31-19-9-5-17(6-10-19)23(26)29/h1-12H,13-16H2,(H2,26,29). The molecule has 1 aliphatic rings. The molecule has 6 nitrogen and oxygen atoms in total. The van der Waals surface area contributed by atoms with Crippen molar-refractivity contribution in [1.29, 1.82) is 0 Å². The Kier molecular flexibility index (Phi) is 5.84. The number of hydrogen-bond donors (Lipinski definition) is 1. The summed E-state index contributed by atoms with van der Waals surface area (Å²) in [7, 11) is 0. The maximum absolute atomic E-state index is 14.0. The van der Waals surface area contributed by atoms with Crippen molar-refractivity contribution in [3.8, 4) is 11.5 Å². The molecule has 3 aromatic carbocycles. The van der Waals surface area contributed by atoms with Gasteiger partial charge in [-0.3, -0.25) is 9.59 Å². The third-order valence-corrected chi connectivity index (χ3v) is 5.24. The first-order valence-corrected chi connectivity index (χ1v) is 9.98. The highest BCUT2D eigenvalue weighted by Gasteiger charge is 2.23. The average molecular weight is 419 g/mol. The molecule has 158 valence electrons. The molecule has 4 rings (SSSR count). The van der Waals surface area contributed by atoms with E-state index in [1.54, 1.807) is 65.6 Å². The number of anilines is 1. The third-order valence-electron chi connectivity index (χ3n) is 5.24. The van der Waals surface area contributed by atoms with Gasteiger partial charge in [-0.05, 0) is 60.7 Å². The smallest absolute Gasteiger partial charge is 0.253 e. The summed E-state index contributed by atoms with van der Waals surface area (Å²) in [6.45, 7) is 2.21. The van der Waals surface area contributed by atoms with Gasteiger partial charge in [0.15, 0.2) is 0 Å². The summed E-state index contributed by atoms with van der Waals surface area (Å²) in [6.07, 6.45) is 0. The molecule has 0 saturated carbocycles. The summed E-state index contributed by atoms with van der Waals surface area (Å²) in [5.41, 5.74) is 6.77. The van der Waals surface area contributed by atoms with Crippen molar-refractivity contribution in [1.82, 2.24) is 4.90 Å². The van der Waals surface area contributed by atoms with Crippen LogP contribution in [0.25, 0.3) is 0 Å². The van der Waals surface area contributed by atoms with E-state index in [9.17, 15) is 14.0 Å². The van der Waals surface area contributed by atoms with Crippen LogP contribution >= 0.6 is 0 Å². The molecule has 0 bridgehead atoms. The van der Waals surface area contributed by atoms with Crippen LogP contribution in [0, 0.1) is 5.82 Å². The summed E-state index contributed by atoms with van der Waals surface area (Å²) in [5, 5.41) is 0. The molecule has 2 amide bonds. The first-order chi connectivity index (χ1) is 15.0. The lowest BCUT2D eigenvalue weighted by molar-refractivity contribution is 0.0746. The number of carbonyl (C=O) groups excluding carboxylic acids is 2. The second kappa shape index (κ2) is 8.87. The molecular weight excluding hydrogens is 397 g/mol. The normalized spacial score (nSPS) is 13.7. The van der Waals surface area contributed by atoms with E-state index in [0.29, 0.717) is 54.5 Å². The maximum atomic E-state index is 14.0. The average Bonchev–Trinajstić information content (AvgIpc) is 2.80. The van der Waals surface area contributed by atoms with Crippen LogP contribution in [-0.2, 0) is 0 Å². The highest BCUT2D eigenvalue weighted by molar-refractivity contribution is 5.94. The van der Waals surface area contributed by atoms with Gasteiger partial charge in [-0.25, -0.2) is 4.39 Å². The zero-order valence-corrected chi connectivity index (χ0v) is 16.8. The fourth-order valence-corrected chi connectivity index (χ4v) is 3.53. The molecule has 0 aromatic heterocycles. The van der Waals surface area contributed by atoms with Crippen LogP contribution in [0.2, 0.25) is 0 Å². The predicted molar refractivity (Wildman–Crippen MR) is 116 cm³/mol. The predicted octanol–water partition coefficient (Wildman–Crippen LogP) is 3.68. The second-order valence-corrected chi connectivity index (χ2v) is 7.25. The third kappa shape index (κ3) is 4.66. The lowest BCUT2D eigenvalue weighted by Crippen LogP contribution is -2.49. The fraction of sp³-hybridized carbons (Fsp3) is 0.167. The van der Waals surface area contributed by atoms with E-state index in [-0.39, 0.29) is 11.7 Å². The molecule has 1 heterocycles. The molecule has 1 aliphatic heterocycles. The van der Waals surface area contributed by atoms with E-state index in [0.717, 1.165) is 0 Å². The monoisotopic (exact) mass is 419 g/mol. The van der Waals surface area contributed by atoms with Gasteiger partial charge in [-0.2, -0.15) is 0 Å². The molecule has 0 spiro atoms. The number of para-hydroxylation sites is 1. The largest absolute Gasteiger partial charge is 0.457 e. The zero-order valence-electron chi connectivity index (χ0n) is 16.8. The van der Waals surface area contributed by atoms with Gasteiger partial charge in [0, 0.05) is 37.3 Å². The maximum Gasteiger partial charge on any atom is 0.253 e. The molecule has 0 atom stereocenters. The summed E-state index contributed by atoms with van der Waals surface area (Å²) < 4.78 is 19.7. The van der Waals surface area contributed by atoms with Crippen molar-refractivity contribution in [3.05, 3.63) is 89.7 Å². The van der Waals surface area contributed by atoms with E-state index in [1.807, 2.05) is 11.0 Å². The topological polar surface area (TPSA) is 75.9 Å². The molecule has 1 saturated heterocycles. The molecule has 31 heavy (non-hydrogen) atoms. The van der Waals surface area contributed by atoms with Crippen LogP contribution in [0.4, 0.5) is 10.1 Å². The first kappa shape index (κ1) is 20.4. The van der Waals surface area contributed by atoms with Gasteiger partial charge in [0.25, 0.3) is 5.91 Å². The van der Waals surface area contributed by atoms with E-state index in [2.05, 4.69) is 0 Å². The van der Waals surface area contributed by atoms with Crippen molar-refractivity contribution < 1.29 is 18.7 Å². The lowest BCUT2D eigenvalue weighted by atomic mass is 10.1. The van der Waals surface area contributed by atoms with Gasteiger partial charge < -0.3 is 20.3 Å². The van der Waals surface area contributed by atoms with Gasteiger partial charge in [0.05, 0.1) is 5.69 Å². The minimum atomic E-state index is -0.496. The number of ether oxygens (including phenoxy) is 1. The Bertz CT molecular complexity index is 1080. The number of primary amides is 1. The summed E-state index contributed by atoms with van der Waals surface area (Å²) in [4.78, 5) is 27.7. The number of benzene rings is 3. The molecule has 0 radical (unpaired) electrons. The molecular formula is C24H22FN3O3. The Morgan fingerprint density at radius 3 is 1.87 bits per heavy atom. The Morgan fingerprint density at radius 1 is 0.774 bits per heavy atom. The lowest BCUT2D eigenvalue weighted by Gasteiger charge is -2.36. The fourth-order valence-electron chi connectivity index (χ4n) is 3.53. The number of rotatable bonds is 5. The number of nitrogens with zero attached hydrogens (tertiary/aromatic N) is 2. The summed E-state index contributed by atoms with van der Waals surface area (Å²) in [6, 6.07) is 20.1. The van der Waals surface area contributed by atoms with Gasteiger partial charge in [0.1, 0.15) is 17.3 Å². The van der Waals surface area contributed by atoms with Crippen LogP contribution < -0.4 is 15.4 Å². The van der Waals surface area contributed by atoms with Crippen LogP contribution in [0.1, 0.15) is 20.7 Å². The van der Waals surface area contributed by atoms with E-state index in [1.165, 1.54) is 6.07 Å². The molecule has 0 unspecified atom stereocenters. The molecule has 0 aliphatic carbocycles. The van der Waals surface area contributed by atoms with E-state index < -0.39 is 5.91 Å². The second-order valence-electron chi connectivity index (χ2n) is 7.25.